The van der Waals surface area contributed by atoms with Crippen molar-refractivity contribution < 1.29 is 9.13 Å². The molecule has 0 saturated carbocycles. The quantitative estimate of drug-likeness (QED) is 0.788. The van der Waals surface area contributed by atoms with E-state index < -0.39 is 5.92 Å². The van der Waals surface area contributed by atoms with Crippen molar-refractivity contribution in [3.05, 3.63) is 69.3 Å². The van der Waals surface area contributed by atoms with Crippen molar-refractivity contribution in [1.82, 2.24) is 0 Å². The van der Waals surface area contributed by atoms with E-state index in [9.17, 15) is 9.65 Å². The molecule has 6 heteroatoms. The fraction of sp³-hybridized carbons (Fsp3) is 0.250. The number of anilines is 1. The Balaban J connectivity index is 2.19. The number of halogens is 2. The monoisotopic (exact) mass is 415 g/mol. The highest BCUT2D eigenvalue weighted by Gasteiger charge is 2.32. The van der Waals surface area contributed by atoms with Crippen LogP contribution in [0.1, 0.15) is 30.9 Å². The molecule has 26 heavy (non-hydrogen) atoms. The molecule has 0 saturated heterocycles. The number of nitrogens with two attached hydrogens (primary N) is 1. The van der Waals surface area contributed by atoms with Crippen molar-refractivity contribution in [2.75, 3.05) is 18.0 Å². The van der Waals surface area contributed by atoms with Crippen molar-refractivity contribution in [3.63, 3.8) is 0 Å². The molecule has 0 radical (unpaired) electrons. The maximum atomic E-state index is 14.6. The van der Waals surface area contributed by atoms with Crippen molar-refractivity contribution in [1.29, 1.82) is 5.26 Å². The molecule has 0 aliphatic carbocycles. The second kappa shape index (κ2) is 7.38. The molecular weight excluding hydrogens is 397 g/mol. The van der Waals surface area contributed by atoms with Gasteiger partial charge in [-0.25, -0.2) is 4.39 Å². The van der Waals surface area contributed by atoms with E-state index in [-0.39, 0.29) is 17.3 Å². The third-order valence-electron chi connectivity index (χ3n) is 4.60. The van der Waals surface area contributed by atoms with Gasteiger partial charge in [0.2, 0.25) is 5.88 Å². The van der Waals surface area contributed by atoms with Gasteiger partial charge in [-0.15, -0.1) is 0 Å². The predicted octanol–water partition coefficient (Wildman–Crippen LogP) is 4.65. The molecule has 1 atom stereocenters. The zero-order valence-corrected chi connectivity index (χ0v) is 16.2. The van der Waals surface area contributed by atoms with E-state index in [2.05, 4.69) is 40.7 Å². The Morgan fingerprint density at radius 1 is 1.19 bits per heavy atom. The summed E-state index contributed by atoms with van der Waals surface area (Å²) in [4.78, 5) is 2.18. The molecule has 0 bridgehead atoms. The van der Waals surface area contributed by atoms with Crippen molar-refractivity contribution >= 4 is 21.6 Å². The first-order valence-electron chi connectivity index (χ1n) is 8.41. The van der Waals surface area contributed by atoms with Gasteiger partial charge in [-0.05, 0) is 38.1 Å². The van der Waals surface area contributed by atoms with E-state index >= 15 is 0 Å². The van der Waals surface area contributed by atoms with Gasteiger partial charge >= 0.3 is 0 Å². The number of hydrogen-bond acceptors (Lipinski definition) is 4. The summed E-state index contributed by atoms with van der Waals surface area (Å²) in [5, 5.41) is 9.59. The normalized spacial score (nSPS) is 15.9. The number of nitrogens with zero attached hydrogens (tertiary/aromatic N) is 2. The molecule has 3 rings (SSSR count). The molecule has 1 aliphatic heterocycles. The first-order valence-corrected chi connectivity index (χ1v) is 9.20. The summed E-state index contributed by atoms with van der Waals surface area (Å²) in [5.74, 6) is -0.428. The average Bonchev–Trinajstić information content (AvgIpc) is 2.63. The van der Waals surface area contributed by atoms with Crippen LogP contribution >= 0.6 is 15.9 Å². The summed E-state index contributed by atoms with van der Waals surface area (Å²) < 4.78 is 21.0. The summed E-state index contributed by atoms with van der Waals surface area (Å²) in [5.41, 5.74) is 8.32. The second-order valence-corrected chi connectivity index (χ2v) is 6.90. The van der Waals surface area contributed by atoms with Gasteiger partial charge in [0.15, 0.2) is 0 Å². The lowest BCUT2D eigenvalue weighted by atomic mass is 9.83. The summed E-state index contributed by atoms with van der Waals surface area (Å²) in [6, 6.07) is 12.5. The minimum Gasteiger partial charge on any atom is -0.440 e. The molecule has 0 amide bonds. The lowest BCUT2D eigenvalue weighted by Gasteiger charge is -2.29. The Bertz CT molecular complexity index is 916. The molecule has 1 unspecified atom stereocenters. The van der Waals surface area contributed by atoms with Crippen LogP contribution in [0.25, 0.3) is 0 Å². The van der Waals surface area contributed by atoms with Crippen LogP contribution in [0.3, 0.4) is 0 Å². The van der Waals surface area contributed by atoms with Gasteiger partial charge in [0.05, 0.1) is 5.92 Å². The maximum absolute atomic E-state index is 14.6. The summed E-state index contributed by atoms with van der Waals surface area (Å²) >= 11 is 3.37. The summed E-state index contributed by atoms with van der Waals surface area (Å²) in [6.45, 7) is 5.86. The molecule has 0 spiro atoms. The van der Waals surface area contributed by atoms with Crippen LogP contribution in [0.4, 0.5) is 10.1 Å². The van der Waals surface area contributed by atoms with E-state index in [0.29, 0.717) is 11.3 Å². The number of hydrogen-bond donors (Lipinski definition) is 1. The van der Waals surface area contributed by atoms with Gasteiger partial charge in [-0.3, -0.25) is 0 Å². The first-order chi connectivity index (χ1) is 12.5. The van der Waals surface area contributed by atoms with E-state index in [1.165, 1.54) is 6.07 Å². The molecule has 4 nitrogen and oxygen atoms in total. The lowest BCUT2D eigenvalue weighted by Crippen LogP contribution is -2.24. The maximum Gasteiger partial charge on any atom is 0.205 e. The number of ether oxygens (including phenoxy) is 1. The smallest absolute Gasteiger partial charge is 0.205 e. The van der Waals surface area contributed by atoms with Gasteiger partial charge in [-0.2, -0.15) is 5.26 Å². The predicted molar refractivity (Wildman–Crippen MR) is 103 cm³/mol. The Morgan fingerprint density at radius 2 is 1.92 bits per heavy atom. The van der Waals surface area contributed by atoms with E-state index in [1.807, 2.05) is 18.2 Å². The van der Waals surface area contributed by atoms with Crippen LogP contribution < -0.4 is 15.4 Å². The highest BCUT2D eigenvalue weighted by Crippen LogP contribution is 2.44. The number of benzene rings is 2. The minimum absolute atomic E-state index is 0.0149. The molecule has 0 aromatic heterocycles. The molecule has 2 aromatic rings. The average molecular weight is 416 g/mol. The van der Waals surface area contributed by atoms with Gasteiger partial charge in [0.1, 0.15) is 23.2 Å². The molecule has 134 valence electrons. The van der Waals surface area contributed by atoms with Crippen LogP contribution in [0.5, 0.6) is 5.75 Å². The number of rotatable bonds is 4. The lowest BCUT2D eigenvalue weighted by molar-refractivity contribution is 0.392. The Hall–Kier alpha value is -2.52. The highest BCUT2D eigenvalue weighted by atomic mass is 79.9. The minimum atomic E-state index is -0.605. The summed E-state index contributed by atoms with van der Waals surface area (Å²) in [7, 11) is 0. The third kappa shape index (κ3) is 3.15. The van der Waals surface area contributed by atoms with Gasteiger partial charge in [-0.1, -0.05) is 22.0 Å². The molecular formula is C20H19BrFN3O. The highest BCUT2D eigenvalue weighted by molar-refractivity contribution is 9.10. The standard InChI is InChI=1S/C20H19BrFN3O/c1-3-25(4-2)13-6-7-14-18(10-13)26-20(24)16(11-23)19(14)15-9-12(21)5-8-17(15)22/h5-10,19H,3-4,24H2,1-2H3. The SMILES string of the molecule is CCN(CC)c1ccc2c(c1)OC(N)=C(C#N)C2c1cc(Br)ccc1F. The van der Waals surface area contributed by atoms with Gasteiger partial charge < -0.3 is 15.4 Å². The number of allylic oxidation sites excluding steroid dienone is 1. The van der Waals surface area contributed by atoms with Crippen LogP contribution in [0.2, 0.25) is 0 Å². The van der Waals surface area contributed by atoms with E-state index in [1.54, 1.807) is 12.1 Å². The van der Waals surface area contributed by atoms with E-state index in [4.69, 9.17) is 10.5 Å². The topological polar surface area (TPSA) is 62.3 Å². The molecule has 1 aliphatic rings. The Kier molecular flexibility index (Phi) is 5.19. The first kappa shape index (κ1) is 18.3. The Morgan fingerprint density at radius 3 is 2.58 bits per heavy atom. The van der Waals surface area contributed by atoms with Crippen LogP contribution in [-0.4, -0.2) is 13.1 Å². The van der Waals surface area contributed by atoms with Crippen molar-refractivity contribution in [2.24, 2.45) is 5.73 Å². The largest absolute Gasteiger partial charge is 0.440 e. The molecule has 0 fully saturated rings. The molecule has 1 heterocycles. The zero-order chi connectivity index (χ0) is 18.8. The van der Waals surface area contributed by atoms with Crippen LogP contribution in [-0.2, 0) is 0 Å². The fourth-order valence-corrected chi connectivity index (χ4v) is 3.66. The van der Waals surface area contributed by atoms with Crippen molar-refractivity contribution in [3.8, 4) is 11.8 Å². The van der Waals surface area contributed by atoms with Gasteiger partial charge in [0, 0.05) is 40.4 Å². The van der Waals surface area contributed by atoms with E-state index in [0.717, 1.165) is 28.8 Å². The second-order valence-electron chi connectivity index (χ2n) is 5.99. The third-order valence-corrected chi connectivity index (χ3v) is 5.09. The van der Waals surface area contributed by atoms with Gasteiger partial charge in [0.25, 0.3) is 0 Å². The summed E-state index contributed by atoms with van der Waals surface area (Å²) in [6.07, 6.45) is 0. The Labute approximate surface area is 160 Å². The fourth-order valence-electron chi connectivity index (χ4n) is 3.29. The zero-order valence-electron chi connectivity index (χ0n) is 14.6. The van der Waals surface area contributed by atoms with Crippen LogP contribution in [0, 0.1) is 17.1 Å². The number of nitriles is 1. The number of fused-ring (bicyclic) bond motifs is 1. The molecule has 2 aromatic carbocycles. The van der Waals surface area contributed by atoms with Crippen LogP contribution in [0.15, 0.2) is 52.3 Å². The molecule has 2 N–H and O–H groups in total. The van der Waals surface area contributed by atoms with Crippen molar-refractivity contribution in [2.45, 2.75) is 19.8 Å².